The number of nitrogens with one attached hydrogen (secondary N) is 2. The molecule has 0 saturated carbocycles. The Kier molecular flexibility index (Phi) is 6.70. The summed E-state index contributed by atoms with van der Waals surface area (Å²) < 4.78 is 27.8. The number of hydrogen-bond donors (Lipinski definition) is 2. The molecule has 0 aliphatic heterocycles. The van der Waals surface area contributed by atoms with Gasteiger partial charge in [-0.05, 0) is 30.2 Å². The third-order valence-electron chi connectivity index (χ3n) is 3.95. The highest BCUT2D eigenvalue weighted by Gasteiger charge is 2.19. The molecule has 144 valence electrons. The van der Waals surface area contributed by atoms with E-state index in [-0.39, 0.29) is 29.5 Å². The van der Waals surface area contributed by atoms with E-state index in [0.29, 0.717) is 5.56 Å². The van der Waals surface area contributed by atoms with Gasteiger partial charge in [0.1, 0.15) is 0 Å². The zero-order valence-electron chi connectivity index (χ0n) is 15.5. The molecular weight excluding hydrogens is 366 g/mol. The Morgan fingerprint density at radius 2 is 1.70 bits per heavy atom. The van der Waals surface area contributed by atoms with Crippen LogP contribution in [0.2, 0.25) is 0 Å². The van der Waals surface area contributed by atoms with Crippen LogP contribution < -0.4 is 10.0 Å². The first-order valence-electron chi connectivity index (χ1n) is 8.33. The molecule has 2 rings (SSSR count). The van der Waals surface area contributed by atoms with Crippen LogP contribution in [0.15, 0.2) is 53.4 Å². The number of rotatable bonds is 7. The Bertz CT molecular complexity index is 925. The maximum absolute atomic E-state index is 12.7. The second-order valence-corrected chi connectivity index (χ2v) is 8.00. The van der Waals surface area contributed by atoms with Gasteiger partial charge in [0.2, 0.25) is 15.9 Å². The largest absolute Gasteiger partial charge is 0.347 e. The molecule has 0 saturated heterocycles. The van der Waals surface area contributed by atoms with Crippen LogP contribution in [-0.2, 0) is 21.4 Å². The minimum absolute atomic E-state index is 0.0324. The van der Waals surface area contributed by atoms with Crippen LogP contribution in [-0.4, -0.2) is 45.8 Å². The van der Waals surface area contributed by atoms with Crippen molar-refractivity contribution in [2.75, 3.05) is 20.6 Å². The summed E-state index contributed by atoms with van der Waals surface area (Å²) in [6.07, 6.45) is 0. The molecule has 7 nitrogen and oxygen atoms in total. The van der Waals surface area contributed by atoms with Crippen molar-refractivity contribution in [1.82, 2.24) is 14.9 Å². The molecule has 0 aromatic heterocycles. The third kappa shape index (κ3) is 5.63. The quantitative estimate of drug-likeness (QED) is 0.746. The fraction of sp³-hybridized carbons (Fsp3) is 0.263. The highest BCUT2D eigenvalue weighted by molar-refractivity contribution is 7.89. The minimum atomic E-state index is -3.80. The van der Waals surface area contributed by atoms with Gasteiger partial charge in [0.05, 0.1) is 11.4 Å². The Labute approximate surface area is 159 Å². The van der Waals surface area contributed by atoms with Crippen LogP contribution in [0, 0.1) is 6.92 Å². The summed E-state index contributed by atoms with van der Waals surface area (Å²) >= 11 is 0. The van der Waals surface area contributed by atoms with E-state index in [9.17, 15) is 18.0 Å². The molecule has 27 heavy (non-hydrogen) atoms. The van der Waals surface area contributed by atoms with E-state index in [1.807, 2.05) is 30.3 Å². The number of nitrogens with zero attached hydrogens (tertiary/aromatic N) is 1. The monoisotopic (exact) mass is 389 g/mol. The Hall–Kier alpha value is -2.71. The van der Waals surface area contributed by atoms with Gasteiger partial charge >= 0.3 is 0 Å². The number of benzene rings is 2. The molecule has 0 bridgehead atoms. The van der Waals surface area contributed by atoms with E-state index in [2.05, 4.69) is 10.0 Å². The van der Waals surface area contributed by atoms with Crippen molar-refractivity contribution >= 4 is 21.8 Å². The zero-order chi connectivity index (χ0) is 20.0. The van der Waals surface area contributed by atoms with E-state index >= 15 is 0 Å². The second-order valence-electron chi connectivity index (χ2n) is 6.26. The molecule has 2 aromatic carbocycles. The maximum atomic E-state index is 12.7. The minimum Gasteiger partial charge on any atom is -0.347 e. The summed E-state index contributed by atoms with van der Waals surface area (Å²) in [5.74, 6) is -0.766. The summed E-state index contributed by atoms with van der Waals surface area (Å²) in [4.78, 5) is 25.2. The second kappa shape index (κ2) is 8.79. The topological polar surface area (TPSA) is 95.6 Å². The van der Waals surface area contributed by atoms with Crippen LogP contribution in [0.3, 0.4) is 0 Å². The number of amides is 2. The summed E-state index contributed by atoms with van der Waals surface area (Å²) in [6, 6.07) is 13.6. The van der Waals surface area contributed by atoms with Crippen LogP contribution >= 0.6 is 0 Å². The molecule has 0 aliphatic rings. The zero-order valence-corrected chi connectivity index (χ0v) is 16.3. The Balaban J connectivity index is 2.15. The highest BCUT2D eigenvalue weighted by atomic mass is 32.2. The predicted molar refractivity (Wildman–Crippen MR) is 103 cm³/mol. The molecule has 0 spiro atoms. The van der Waals surface area contributed by atoms with Crippen LogP contribution in [0.5, 0.6) is 0 Å². The van der Waals surface area contributed by atoms with Crippen molar-refractivity contribution in [1.29, 1.82) is 0 Å². The van der Waals surface area contributed by atoms with Crippen molar-refractivity contribution in [3.8, 4) is 0 Å². The van der Waals surface area contributed by atoms with E-state index in [0.717, 1.165) is 5.56 Å². The normalized spacial score (nSPS) is 11.1. The van der Waals surface area contributed by atoms with Crippen molar-refractivity contribution < 1.29 is 18.0 Å². The average Bonchev–Trinajstić information content (AvgIpc) is 2.65. The predicted octanol–water partition coefficient (Wildman–Crippen LogP) is 1.29. The van der Waals surface area contributed by atoms with Gasteiger partial charge in [-0.25, -0.2) is 13.1 Å². The molecule has 8 heteroatoms. The molecule has 0 radical (unpaired) electrons. The van der Waals surface area contributed by atoms with Gasteiger partial charge in [-0.2, -0.15) is 0 Å². The first-order chi connectivity index (χ1) is 12.7. The molecular formula is C19H23N3O4S. The van der Waals surface area contributed by atoms with E-state index in [4.69, 9.17) is 0 Å². The van der Waals surface area contributed by atoms with E-state index in [1.54, 1.807) is 27.1 Å². The molecule has 0 fully saturated rings. The lowest BCUT2D eigenvalue weighted by Gasteiger charge is -2.13. The molecule has 0 atom stereocenters. The summed E-state index contributed by atoms with van der Waals surface area (Å²) in [6.45, 7) is 1.65. The number of likely N-dealkylation sites (N-methyl/N-ethyl adjacent to an activating group) is 1. The fourth-order valence-corrected chi connectivity index (χ4v) is 3.59. The van der Waals surface area contributed by atoms with Gasteiger partial charge in [-0.1, -0.05) is 36.4 Å². The van der Waals surface area contributed by atoms with Gasteiger partial charge in [0, 0.05) is 26.2 Å². The number of sulfonamides is 1. The molecule has 0 heterocycles. The summed E-state index contributed by atoms with van der Waals surface area (Å²) in [7, 11) is -0.622. The maximum Gasteiger partial charge on any atom is 0.251 e. The first kappa shape index (κ1) is 20.6. The lowest BCUT2D eigenvalue weighted by Crippen LogP contribution is -2.36. The molecule has 2 N–H and O–H groups in total. The van der Waals surface area contributed by atoms with Crippen molar-refractivity contribution in [3.63, 3.8) is 0 Å². The van der Waals surface area contributed by atoms with E-state index < -0.39 is 15.9 Å². The van der Waals surface area contributed by atoms with Gasteiger partial charge in [-0.15, -0.1) is 0 Å². The summed E-state index contributed by atoms with van der Waals surface area (Å²) in [5, 5.41) is 2.49. The van der Waals surface area contributed by atoms with Gasteiger partial charge < -0.3 is 10.2 Å². The molecule has 0 unspecified atom stereocenters. The standard InChI is InChI=1S/C19H23N3O4S/c1-14-9-10-16(19(24)20-13-18(23)22(2)3)11-17(14)27(25,26)21-12-15-7-5-4-6-8-15/h4-11,21H,12-13H2,1-3H3,(H,20,24). The Morgan fingerprint density at radius 3 is 2.33 bits per heavy atom. The van der Waals surface area contributed by atoms with Gasteiger partial charge in [-0.3, -0.25) is 9.59 Å². The van der Waals surface area contributed by atoms with Gasteiger partial charge in [0.25, 0.3) is 5.91 Å². The van der Waals surface area contributed by atoms with Crippen LogP contribution in [0.4, 0.5) is 0 Å². The Morgan fingerprint density at radius 1 is 1.04 bits per heavy atom. The SMILES string of the molecule is Cc1ccc(C(=O)NCC(=O)N(C)C)cc1S(=O)(=O)NCc1ccccc1. The smallest absolute Gasteiger partial charge is 0.251 e. The lowest BCUT2D eigenvalue weighted by molar-refractivity contribution is -0.127. The number of carbonyl (C=O) groups excluding carboxylic acids is 2. The number of carbonyl (C=O) groups is 2. The average molecular weight is 389 g/mol. The molecule has 0 aliphatic carbocycles. The van der Waals surface area contributed by atoms with Crippen LogP contribution in [0.25, 0.3) is 0 Å². The summed E-state index contributed by atoms with van der Waals surface area (Å²) in [5.41, 5.74) is 1.53. The van der Waals surface area contributed by atoms with Gasteiger partial charge in [0.15, 0.2) is 0 Å². The van der Waals surface area contributed by atoms with Crippen molar-refractivity contribution in [2.45, 2.75) is 18.4 Å². The fourth-order valence-electron chi connectivity index (χ4n) is 2.30. The lowest BCUT2D eigenvalue weighted by atomic mass is 10.1. The first-order valence-corrected chi connectivity index (χ1v) is 9.81. The highest BCUT2D eigenvalue weighted by Crippen LogP contribution is 2.17. The molecule has 2 amide bonds. The number of hydrogen-bond acceptors (Lipinski definition) is 4. The van der Waals surface area contributed by atoms with E-state index in [1.165, 1.54) is 17.0 Å². The number of aryl methyl sites for hydroxylation is 1. The van der Waals surface area contributed by atoms with Crippen LogP contribution in [0.1, 0.15) is 21.5 Å². The van der Waals surface area contributed by atoms with Crippen molar-refractivity contribution in [3.05, 3.63) is 65.2 Å². The third-order valence-corrected chi connectivity index (χ3v) is 5.49. The van der Waals surface area contributed by atoms with Crippen molar-refractivity contribution in [2.24, 2.45) is 0 Å². The molecule has 2 aromatic rings.